The molecule has 0 spiro atoms. The van der Waals surface area contributed by atoms with Crippen LogP contribution in [0.15, 0.2) is 17.4 Å². The number of hydrogen-bond acceptors (Lipinski definition) is 4. The van der Waals surface area contributed by atoms with E-state index in [2.05, 4.69) is 49.3 Å². The van der Waals surface area contributed by atoms with Gasteiger partial charge in [-0.1, -0.05) is 13.8 Å². The zero-order valence-corrected chi connectivity index (χ0v) is 18.3. The maximum absolute atomic E-state index is 4.35. The van der Waals surface area contributed by atoms with Gasteiger partial charge in [0, 0.05) is 44.7 Å². The molecule has 2 N–H and O–H groups in total. The van der Waals surface area contributed by atoms with E-state index in [9.17, 15) is 0 Å². The second-order valence-electron chi connectivity index (χ2n) is 6.90. The van der Waals surface area contributed by atoms with Crippen molar-refractivity contribution in [2.75, 3.05) is 13.6 Å². The van der Waals surface area contributed by atoms with Gasteiger partial charge in [0.25, 0.3) is 0 Å². The number of nitrogens with one attached hydrogen (secondary N) is 2. The smallest absolute Gasteiger partial charge is 0.191 e. The molecule has 144 valence electrons. The molecule has 0 bridgehead atoms. The highest BCUT2D eigenvalue weighted by atomic mass is 127. The van der Waals surface area contributed by atoms with Crippen molar-refractivity contribution in [3.05, 3.63) is 29.6 Å². The Balaban J connectivity index is 0.00000243. The summed E-state index contributed by atoms with van der Waals surface area (Å²) in [6, 6.07) is 0.333. The molecule has 1 atom stereocenters. The van der Waals surface area contributed by atoms with Gasteiger partial charge >= 0.3 is 0 Å². The van der Waals surface area contributed by atoms with Gasteiger partial charge in [-0.3, -0.25) is 9.67 Å². The van der Waals surface area contributed by atoms with Crippen LogP contribution in [-0.4, -0.2) is 50.1 Å². The SMILES string of the molecule is CN=C(NCCn1cc(C)cn1)NC1CCc2nnc(C(C)C)n2C1.I. The number of aromatic nitrogens is 5. The molecule has 26 heavy (non-hydrogen) atoms. The quantitative estimate of drug-likeness (QED) is 0.393. The first kappa shape index (κ1) is 20.7. The second kappa shape index (κ2) is 9.33. The summed E-state index contributed by atoms with van der Waals surface area (Å²) >= 11 is 0. The highest BCUT2D eigenvalue weighted by molar-refractivity contribution is 14.0. The fourth-order valence-electron chi connectivity index (χ4n) is 3.16. The third-order valence-electron chi connectivity index (χ3n) is 4.45. The van der Waals surface area contributed by atoms with E-state index in [0.29, 0.717) is 12.0 Å². The average molecular weight is 472 g/mol. The first-order valence-corrected chi connectivity index (χ1v) is 8.95. The van der Waals surface area contributed by atoms with Crippen LogP contribution in [0, 0.1) is 6.92 Å². The van der Waals surface area contributed by atoms with Gasteiger partial charge in [-0.25, -0.2) is 0 Å². The summed E-state index contributed by atoms with van der Waals surface area (Å²) in [5, 5.41) is 19.9. The van der Waals surface area contributed by atoms with Crippen molar-refractivity contribution in [3.63, 3.8) is 0 Å². The zero-order valence-electron chi connectivity index (χ0n) is 15.9. The lowest BCUT2D eigenvalue weighted by Crippen LogP contribution is -2.47. The first-order valence-electron chi connectivity index (χ1n) is 8.95. The summed E-state index contributed by atoms with van der Waals surface area (Å²) in [6.07, 6.45) is 5.90. The predicted molar refractivity (Wildman–Crippen MR) is 113 cm³/mol. The molecule has 1 aliphatic rings. The summed E-state index contributed by atoms with van der Waals surface area (Å²) in [5.74, 6) is 3.38. The lowest BCUT2D eigenvalue weighted by atomic mass is 10.1. The van der Waals surface area contributed by atoms with E-state index in [0.717, 1.165) is 50.1 Å². The molecular formula is C17H29IN8. The molecule has 0 saturated heterocycles. The van der Waals surface area contributed by atoms with E-state index in [1.165, 1.54) is 5.56 Å². The normalized spacial score (nSPS) is 17.0. The number of aryl methyl sites for hydroxylation is 2. The summed E-state index contributed by atoms with van der Waals surface area (Å²) in [7, 11) is 1.81. The minimum Gasteiger partial charge on any atom is -0.355 e. The van der Waals surface area contributed by atoms with Crippen LogP contribution in [-0.2, 0) is 19.5 Å². The van der Waals surface area contributed by atoms with Gasteiger partial charge in [-0.2, -0.15) is 5.10 Å². The highest BCUT2D eigenvalue weighted by Crippen LogP contribution is 2.19. The van der Waals surface area contributed by atoms with E-state index in [1.54, 1.807) is 7.05 Å². The Morgan fingerprint density at radius 2 is 2.19 bits per heavy atom. The van der Waals surface area contributed by atoms with E-state index in [4.69, 9.17) is 0 Å². The Hall–Kier alpha value is -1.65. The van der Waals surface area contributed by atoms with E-state index < -0.39 is 0 Å². The average Bonchev–Trinajstić information content (AvgIpc) is 3.19. The van der Waals surface area contributed by atoms with Crippen molar-refractivity contribution in [2.45, 2.75) is 58.7 Å². The summed E-state index contributed by atoms with van der Waals surface area (Å²) in [6.45, 7) is 8.84. The van der Waals surface area contributed by atoms with Gasteiger partial charge in [0.1, 0.15) is 11.6 Å². The molecule has 2 aromatic heterocycles. The van der Waals surface area contributed by atoms with E-state index >= 15 is 0 Å². The largest absolute Gasteiger partial charge is 0.355 e. The second-order valence-corrected chi connectivity index (χ2v) is 6.90. The van der Waals surface area contributed by atoms with Gasteiger partial charge in [0.2, 0.25) is 0 Å². The first-order chi connectivity index (χ1) is 12.1. The Labute approximate surface area is 171 Å². The van der Waals surface area contributed by atoms with Crippen LogP contribution >= 0.6 is 24.0 Å². The van der Waals surface area contributed by atoms with Crippen LogP contribution in [0.25, 0.3) is 0 Å². The summed E-state index contributed by atoms with van der Waals surface area (Å²) < 4.78 is 4.19. The number of rotatable bonds is 5. The molecule has 2 aromatic rings. The summed E-state index contributed by atoms with van der Waals surface area (Å²) in [4.78, 5) is 4.34. The molecule has 0 aliphatic carbocycles. The van der Waals surface area contributed by atoms with Crippen molar-refractivity contribution in [2.24, 2.45) is 4.99 Å². The Kier molecular flexibility index (Phi) is 7.42. The standard InChI is InChI=1S/C17H28N8.HI/c1-12(2)16-23-22-15-6-5-14(11-25(15)16)21-17(18-4)19-7-8-24-10-13(3)9-20-24;/h9-10,12,14H,5-8,11H2,1-4H3,(H2,18,19,21);1H. The fourth-order valence-corrected chi connectivity index (χ4v) is 3.16. The molecule has 3 heterocycles. The predicted octanol–water partition coefficient (Wildman–Crippen LogP) is 1.70. The van der Waals surface area contributed by atoms with Crippen molar-refractivity contribution < 1.29 is 0 Å². The van der Waals surface area contributed by atoms with Crippen LogP contribution in [0.3, 0.4) is 0 Å². The molecule has 0 saturated carbocycles. The van der Waals surface area contributed by atoms with E-state index in [1.807, 2.05) is 24.0 Å². The van der Waals surface area contributed by atoms with Gasteiger partial charge in [-0.15, -0.1) is 34.2 Å². The Morgan fingerprint density at radius 1 is 1.38 bits per heavy atom. The maximum Gasteiger partial charge on any atom is 0.191 e. The van der Waals surface area contributed by atoms with Crippen LogP contribution in [0.4, 0.5) is 0 Å². The molecule has 3 rings (SSSR count). The molecular weight excluding hydrogens is 443 g/mol. The van der Waals surface area contributed by atoms with Crippen molar-refractivity contribution in [1.29, 1.82) is 0 Å². The van der Waals surface area contributed by atoms with Crippen LogP contribution in [0.1, 0.15) is 43.4 Å². The number of hydrogen-bond donors (Lipinski definition) is 2. The van der Waals surface area contributed by atoms with Crippen molar-refractivity contribution >= 4 is 29.9 Å². The number of fused-ring (bicyclic) bond motifs is 1. The topological polar surface area (TPSA) is 84.9 Å². The molecule has 1 aliphatic heterocycles. The molecule has 8 nitrogen and oxygen atoms in total. The van der Waals surface area contributed by atoms with Crippen LogP contribution in [0.2, 0.25) is 0 Å². The molecule has 0 radical (unpaired) electrons. The van der Waals surface area contributed by atoms with Crippen molar-refractivity contribution in [3.8, 4) is 0 Å². The number of guanidine groups is 1. The van der Waals surface area contributed by atoms with Gasteiger partial charge < -0.3 is 15.2 Å². The number of aliphatic imine (C=N–C) groups is 1. The van der Waals surface area contributed by atoms with E-state index in [-0.39, 0.29) is 24.0 Å². The lowest BCUT2D eigenvalue weighted by molar-refractivity contribution is 0.407. The van der Waals surface area contributed by atoms with Crippen LogP contribution in [0.5, 0.6) is 0 Å². The monoisotopic (exact) mass is 472 g/mol. The third kappa shape index (κ3) is 4.95. The maximum atomic E-state index is 4.35. The lowest BCUT2D eigenvalue weighted by Gasteiger charge is -2.27. The zero-order chi connectivity index (χ0) is 17.8. The highest BCUT2D eigenvalue weighted by Gasteiger charge is 2.24. The Bertz CT molecular complexity index is 733. The third-order valence-corrected chi connectivity index (χ3v) is 4.45. The molecule has 0 aromatic carbocycles. The van der Waals surface area contributed by atoms with Gasteiger partial charge in [0.15, 0.2) is 5.96 Å². The minimum absolute atomic E-state index is 0. The summed E-state index contributed by atoms with van der Waals surface area (Å²) in [5.41, 5.74) is 1.18. The van der Waals surface area contributed by atoms with Crippen LogP contribution < -0.4 is 10.6 Å². The molecule has 0 fully saturated rings. The molecule has 0 amide bonds. The van der Waals surface area contributed by atoms with Gasteiger partial charge in [-0.05, 0) is 18.9 Å². The minimum atomic E-state index is 0. The Morgan fingerprint density at radius 3 is 2.85 bits per heavy atom. The number of halogens is 1. The molecule has 1 unspecified atom stereocenters. The fraction of sp³-hybridized carbons (Fsp3) is 0.647. The van der Waals surface area contributed by atoms with Crippen molar-refractivity contribution in [1.82, 2.24) is 35.2 Å². The van der Waals surface area contributed by atoms with Gasteiger partial charge in [0.05, 0.1) is 12.7 Å². The molecule has 9 heteroatoms. The number of nitrogens with zero attached hydrogens (tertiary/aromatic N) is 6.